The first-order valence-electron chi connectivity index (χ1n) is 13.3. The summed E-state index contributed by atoms with van der Waals surface area (Å²) in [6.45, 7) is 4.63. The number of amides is 1. The van der Waals surface area contributed by atoms with Crippen LogP contribution < -0.4 is 10.5 Å². The smallest absolute Gasteiger partial charge is 0.248 e. The van der Waals surface area contributed by atoms with Crippen LogP contribution in [0.1, 0.15) is 62.6 Å². The van der Waals surface area contributed by atoms with Crippen LogP contribution in [0.15, 0.2) is 53.5 Å². The number of aryl methyl sites for hydroxylation is 1. The van der Waals surface area contributed by atoms with Gasteiger partial charge in [0.05, 0.1) is 5.60 Å². The summed E-state index contributed by atoms with van der Waals surface area (Å²) in [7, 11) is 3.81. The number of aliphatic imine (C=N–C) groups is 1. The third-order valence-corrected chi connectivity index (χ3v) is 8.56. The lowest BCUT2D eigenvalue weighted by Gasteiger charge is -2.59. The zero-order chi connectivity index (χ0) is 26.8. The van der Waals surface area contributed by atoms with E-state index in [1.165, 1.54) is 11.1 Å². The maximum Gasteiger partial charge on any atom is 0.248 e. The molecule has 2 aliphatic rings. The molecule has 2 aliphatic carbocycles. The largest absolute Gasteiger partial charge is 0.486 e. The molecule has 0 bridgehead atoms. The fraction of sp³-hybridized carbons (Fsp3) is 0.533. The number of carbonyl (C=O) groups is 1. The molecule has 2 aromatic carbocycles. The van der Waals surface area contributed by atoms with Crippen molar-refractivity contribution in [3.05, 3.63) is 65.2 Å². The minimum Gasteiger partial charge on any atom is -0.486 e. The average Bonchev–Trinajstić information content (AvgIpc) is 2.87. The molecule has 0 aliphatic heterocycles. The number of amidine groups is 1. The zero-order valence-corrected chi connectivity index (χ0v) is 22.5. The molecule has 0 spiro atoms. The molecule has 0 aromatic heterocycles. The summed E-state index contributed by atoms with van der Waals surface area (Å²) in [5.74, 6) is 0.843. The maximum absolute atomic E-state index is 12.0. The number of rotatable bonds is 8. The topological polar surface area (TPSA) is 108 Å². The van der Waals surface area contributed by atoms with Crippen LogP contribution in [0.5, 0.6) is 5.75 Å². The quantitative estimate of drug-likeness (QED) is 0.373. The highest BCUT2D eigenvalue weighted by atomic mass is 16.5. The van der Waals surface area contributed by atoms with E-state index in [9.17, 15) is 15.0 Å². The second-order valence-electron chi connectivity index (χ2n) is 11.3. The summed E-state index contributed by atoms with van der Waals surface area (Å²) in [5, 5.41) is 23.6. The Balaban J connectivity index is 1.53. The van der Waals surface area contributed by atoms with E-state index in [0.717, 1.165) is 24.8 Å². The van der Waals surface area contributed by atoms with Crippen molar-refractivity contribution in [1.29, 1.82) is 0 Å². The molecule has 2 aromatic rings. The summed E-state index contributed by atoms with van der Waals surface area (Å²) in [5.41, 5.74) is 6.35. The van der Waals surface area contributed by atoms with Crippen LogP contribution >= 0.6 is 0 Å². The Morgan fingerprint density at radius 2 is 1.92 bits per heavy atom. The monoisotopic (exact) mass is 507 g/mol. The molecular weight excluding hydrogens is 466 g/mol. The number of ether oxygens (including phenoxy) is 1. The summed E-state index contributed by atoms with van der Waals surface area (Å²) < 4.78 is 5.89. The van der Waals surface area contributed by atoms with Crippen LogP contribution in [-0.4, -0.2) is 59.7 Å². The minimum absolute atomic E-state index is 0.0485. The van der Waals surface area contributed by atoms with Gasteiger partial charge >= 0.3 is 0 Å². The number of nitrogens with zero attached hydrogens (tertiary/aromatic N) is 2. The van der Waals surface area contributed by atoms with Crippen molar-refractivity contribution in [2.45, 2.75) is 69.0 Å². The third-order valence-electron chi connectivity index (χ3n) is 8.56. The van der Waals surface area contributed by atoms with Crippen molar-refractivity contribution < 1.29 is 19.7 Å². The predicted octanol–water partition coefficient (Wildman–Crippen LogP) is 3.54. The van der Waals surface area contributed by atoms with Gasteiger partial charge in [-0.15, -0.1) is 0 Å². The van der Waals surface area contributed by atoms with Gasteiger partial charge in [0.2, 0.25) is 5.91 Å². The van der Waals surface area contributed by atoms with Crippen LogP contribution in [0.25, 0.3) is 0 Å². The average molecular weight is 508 g/mol. The zero-order valence-electron chi connectivity index (χ0n) is 22.5. The fourth-order valence-electron chi connectivity index (χ4n) is 6.52. The number of fused-ring (bicyclic) bond motifs is 3. The Kier molecular flexibility index (Phi) is 7.79. The summed E-state index contributed by atoms with van der Waals surface area (Å²) in [4.78, 5) is 17.8. The van der Waals surface area contributed by atoms with Crippen molar-refractivity contribution in [2.75, 3.05) is 27.2 Å². The molecule has 7 nitrogen and oxygen atoms in total. The molecular formula is C30H41N3O4. The molecule has 37 heavy (non-hydrogen) atoms. The summed E-state index contributed by atoms with van der Waals surface area (Å²) >= 11 is 0. The normalized spacial score (nSPS) is 29.5. The number of hydrogen-bond donors (Lipinski definition) is 3. The molecule has 1 amide bonds. The van der Waals surface area contributed by atoms with Crippen LogP contribution in [0.3, 0.4) is 0 Å². The van der Waals surface area contributed by atoms with Crippen LogP contribution in [-0.2, 0) is 22.2 Å². The van der Waals surface area contributed by atoms with E-state index in [1.54, 1.807) is 6.92 Å². The summed E-state index contributed by atoms with van der Waals surface area (Å²) in [6.07, 6.45) is 3.99. The predicted molar refractivity (Wildman–Crippen MR) is 146 cm³/mol. The number of nitrogens with two attached hydrogens (primary N) is 1. The number of carbonyl (C=O) groups excluding carboxylic acids is 1. The molecule has 0 radical (unpaired) electrons. The molecule has 4 rings (SSSR count). The first-order valence-corrected chi connectivity index (χ1v) is 13.3. The van der Waals surface area contributed by atoms with Gasteiger partial charge in [-0.2, -0.15) is 4.99 Å². The minimum atomic E-state index is -1.29. The Morgan fingerprint density at radius 1 is 1.19 bits per heavy atom. The van der Waals surface area contributed by atoms with Crippen molar-refractivity contribution in [3.63, 3.8) is 0 Å². The van der Waals surface area contributed by atoms with Gasteiger partial charge in [-0.3, -0.25) is 4.79 Å². The lowest BCUT2D eigenvalue weighted by molar-refractivity contribution is -0.205. The van der Waals surface area contributed by atoms with Crippen molar-refractivity contribution in [3.8, 4) is 5.75 Å². The van der Waals surface area contributed by atoms with Crippen LogP contribution in [0.2, 0.25) is 0 Å². The first-order chi connectivity index (χ1) is 17.5. The van der Waals surface area contributed by atoms with Gasteiger partial charge in [-0.05, 0) is 87.9 Å². The summed E-state index contributed by atoms with van der Waals surface area (Å²) in [6, 6.07) is 15.7. The van der Waals surface area contributed by atoms with E-state index in [1.807, 2.05) is 55.4 Å². The molecule has 0 heterocycles. The Bertz CT molecular complexity index is 1150. The van der Waals surface area contributed by atoms with E-state index in [-0.39, 0.29) is 29.7 Å². The molecule has 200 valence electrons. The fourth-order valence-corrected chi connectivity index (χ4v) is 6.52. The van der Waals surface area contributed by atoms with Crippen LogP contribution in [0, 0.1) is 5.92 Å². The molecule has 4 N–H and O–H groups in total. The van der Waals surface area contributed by atoms with Gasteiger partial charge < -0.3 is 25.6 Å². The van der Waals surface area contributed by atoms with E-state index < -0.39 is 11.2 Å². The number of benzene rings is 2. The molecule has 3 unspecified atom stereocenters. The highest BCUT2D eigenvalue weighted by Crippen LogP contribution is 2.60. The molecule has 1 saturated carbocycles. The van der Waals surface area contributed by atoms with E-state index in [4.69, 9.17) is 10.5 Å². The second-order valence-corrected chi connectivity index (χ2v) is 11.3. The molecule has 0 saturated heterocycles. The Morgan fingerprint density at radius 3 is 2.59 bits per heavy atom. The third kappa shape index (κ3) is 5.31. The Hall–Kier alpha value is -2.74. The van der Waals surface area contributed by atoms with E-state index in [0.29, 0.717) is 31.6 Å². The standard InChI is InChI=1S/C30H41N3O4/c1-5-29-20-28(2,35)30(36,22-9-7-6-8-10-22)18-23(29)12-11-21-17-24(13-14-25(21)29)37-19-26(31)32-27(34)15-16-33(3)4/h6-10,13-14,17,23,35-36H,5,11-12,15-16,18-20H2,1-4H3,(H2,31,32,34)/t23?,28-,29?,30?/m1/s1. The molecule has 7 heteroatoms. The van der Waals surface area contributed by atoms with Crippen molar-refractivity contribution in [1.82, 2.24) is 4.90 Å². The van der Waals surface area contributed by atoms with Gasteiger partial charge in [-0.1, -0.05) is 43.3 Å². The van der Waals surface area contributed by atoms with Gasteiger partial charge in [0.25, 0.3) is 0 Å². The number of hydrogen-bond acceptors (Lipinski definition) is 5. The van der Waals surface area contributed by atoms with Crippen LogP contribution in [0.4, 0.5) is 0 Å². The van der Waals surface area contributed by atoms with E-state index >= 15 is 0 Å². The molecule has 1 fully saturated rings. The second kappa shape index (κ2) is 10.6. The van der Waals surface area contributed by atoms with E-state index in [2.05, 4.69) is 24.0 Å². The number of aliphatic hydroxyl groups is 2. The highest BCUT2D eigenvalue weighted by Gasteiger charge is 2.60. The van der Waals surface area contributed by atoms with Gasteiger partial charge in [0.15, 0.2) is 0 Å². The lowest BCUT2D eigenvalue weighted by atomic mass is 9.49. The lowest BCUT2D eigenvalue weighted by Crippen LogP contribution is -2.62. The maximum atomic E-state index is 12.0. The van der Waals surface area contributed by atoms with Gasteiger partial charge in [0.1, 0.15) is 23.8 Å². The highest BCUT2D eigenvalue weighted by molar-refractivity contribution is 5.94. The van der Waals surface area contributed by atoms with Gasteiger partial charge in [0, 0.05) is 18.4 Å². The van der Waals surface area contributed by atoms with Crippen molar-refractivity contribution >= 4 is 11.7 Å². The van der Waals surface area contributed by atoms with Crippen molar-refractivity contribution in [2.24, 2.45) is 16.6 Å². The first kappa shape index (κ1) is 27.3. The van der Waals surface area contributed by atoms with Gasteiger partial charge in [-0.25, -0.2) is 0 Å². The Labute approximate surface area is 220 Å². The SMILES string of the molecule is CCC12C[C@@](C)(O)C(O)(c3ccccc3)CC1CCc1cc(OCC(N)=NC(=O)CCN(C)C)ccc12. The molecule has 4 atom stereocenters.